The van der Waals surface area contributed by atoms with Crippen LogP contribution in [0, 0.1) is 19.3 Å². The van der Waals surface area contributed by atoms with Crippen LogP contribution in [-0.2, 0) is 7.05 Å². The van der Waals surface area contributed by atoms with E-state index in [1.54, 1.807) is 0 Å². The van der Waals surface area contributed by atoms with Crippen molar-refractivity contribution in [2.24, 2.45) is 12.5 Å². The first kappa shape index (κ1) is 15.3. The van der Waals surface area contributed by atoms with E-state index in [4.69, 9.17) is 0 Å². The Hall–Kier alpha value is -1.09. The number of hydrogen-bond donors (Lipinski definition) is 0. The zero-order chi connectivity index (χ0) is 14.9. The number of carbonyl (C=O) groups is 1. The SMILES string of the molecule is Cc1cc(C(=O)CN2CCCC(C)(C)CC2)c(C)n1C. The lowest BCUT2D eigenvalue weighted by Gasteiger charge is -2.22. The maximum atomic E-state index is 12.5. The average molecular weight is 276 g/mol. The lowest BCUT2D eigenvalue weighted by atomic mass is 9.85. The normalized spacial score (nSPS) is 19.9. The number of hydrogen-bond acceptors (Lipinski definition) is 2. The third-order valence-electron chi connectivity index (χ3n) is 4.88. The van der Waals surface area contributed by atoms with E-state index in [0.717, 1.165) is 30.0 Å². The summed E-state index contributed by atoms with van der Waals surface area (Å²) in [4.78, 5) is 14.9. The largest absolute Gasteiger partial charge is 0.351 e. The van der Waals surface area contributed by atoms with Gasteiger partial charge in [-0.1, -0.05) is 13.8 Å². The van der Waals surface area contributed by atoms with Gasteiger partial charge in [-0.3, -0.25) is 9.69 Å². The second-order valence-electron chi connectivity index (χ2n) is 7.06. The maximum Gasteiger partial charge on any atom is 0.178 e. The molecular formula is C17H28N2O. The Balaban J connectivity index is 2.02. The summed E-state index contributed by atoms with van der Waals surface area (Å²) in [5, 5.41) is 0. The quantitative estimate of drug-likeness (QED) is 0.791. The standard InChI is InChI=1S/C17H28N2O/c1-13-11-15(14(2)18(13)5)16(20)12-19-9-6-7-17(3,4)8-10-19/h11H,6-10,12H2,1-5H3. The third kappa shape index (κ3) is 3.32. The number of carbonyl (C=O) groups excluding carboxylic acids is 1. The van der Waals surface area contributed by atoms with Crippen molar-refractivity contribution in [3.8, 4) is 0 Å². The molecule has 0 bridgehead atoms. The predicted octanol–water partition coefficient (Wildman–Crippen LogP) is 3.34. The Morgan fingerprint density at radius 3 is 2.55 bits per heavy atom. The van der Waals surface area contributed by atoms with Crippen LogP contribution >= 0.6 is 0 Å². The number of likely N-dealkylation sites (tertiary alicyclic amines) is 1. The molecule has 0 amide bonds. The Morgan fingerprint density at radius 2 is 1.95 bits per heavy atom. The third-order valence-corrected chi connectivity index (χ3v) is 4.88. The fraction of sp³-hybridized carbons (Fsp3) is 0.706. The number of aromatic nitrogens is 1. The van der Waals surface area contributed by atoms with Crippen molar-refractivity contribution in [3.05, 3.63) is 23.0 Å². The molecule has 0 N–H and O–H groups in total. The van der Waals surface area contributed by atoms with Crippen LogP contribution in [0.5, 0.6) is 0 Å². The Morgan fingerprint density at radius 1 is 1.25 bits per heavy atom. The van der Waals surface area contributed by atoms with Crippen LogP contribution < -0.4 is 0 Å². The monoisotopic (exact) mass is 276 g/mol. The Kier molecular flexibility index (Phi) is 4.38. The molecular weight excluding hydrogens is 248 g/mol. The van der Waals surface area contributed by atoms with Crippen LogP contribution in [0.2, 0.25) is 0 Å². The van der Waals surface area contributed by atoms with Crippen molar-refractivity contribution in [2.45, 2.75) is 47.0 Å². The van der Waals surface area contributed by atoms with Gasteiger partial charge in [0.05, 0.1) is 6.54 Å². The molecule has 112 valence electrons. The van der Waals surface area contributed by atoms with Crippen molar-refractivity contribution in [1.82, 2.24) is 9.47 Å². The van der Waals surface area contributed by atoms with Crippen LogP contribution in [-0.4, -0.2) is 34.9 Å². The number of rotatable bonds is 3. The molecule has 1 aromatic rings. The van der Waals surface area contributed by atoms with Crippen LogP contribution in [0.25, 0.3) is 0 Å². The van der Waals surface area contributed by atoms with E-state index in [9.17, 15) is 4.79 Å². The van der Waals surface area contributed by atoms with Gasteiger partial charge in [0.15, 0.2) is 5.78 Å². The van der Waals surface area contributed by atoms with E-state index < -0.39 is 0 Å². The zero-order valence-corrected chi connectivity index (χ0v) is 13.6. The van der Waals surface area contributed by atoms with Gasteiger partial charge in [0.1, 0.15) is 0 Å². The second-order valence-corrected chi connectivity index (χ2v) is 7.06. The smallest absolute Gasteiger partial charge is 0.178 e. The predicted molar refractivity (Wildman–Crippen MR) is 83.3 cm³/mol. The highest BCUT2D eigenvalue weighted by Gasteiger charge is 2.25. The summed E-state index contributed by atoms with van der Waals surface area (Å²) in [6.07, 6.45) is 3.65. The summed E-state index contributed by atoms with van der Waals surface area (Å²) in [5.74, 6) is 0.269. The number of nitrogens with zero attached hydrogens (tertiary/aromatic N) is 2. The topological polar surface area (TPSA) is 25.2 Å². The number of ketones is 1. The van der Waals surface area contributed by atoms with Crippen molar-refractivity contribution in [1.29, 1.82) is 0 Å². The van der Waals surface area contributed by atoms with Crippen LogP contribution in [0.4, 0.5) is 0 Å². The highest BCUT2D eigenvalue weighted by atomic mass is 16.1. The molecule has 1 aliphatic heterocycles. The average Bonchev–Trinajstić information content (AvgIpc) is 2.54. The summed E-state index contributed by atoms with van der Waals surface area (Å²) in [6.45, 7) is 11.4. The molecule has 3 nitrogen and oxygen atoms in total. The van der Waals surface area contributed by atoms with Gasteiger partial charge in [0, 0.05) is 24.0 Å². The van der Waals surface area contributed by atoms with Crippen molar-refractivity contribution in [2.75, 3.05) is 19.6 Å². The molecule has 1 aromatic heterocycles. The Bertz CT molecular complexity index is 499. The van der Waals surface area contributed by atoms with Crippen molar-refractivity contribution in [3.63, 3.8) is 0 Å². The summed E-state index contributed by atoms with van der Waals surface area (Å²) in [6, 6.07) is 2.03. The van der Waals surface area contributed by atoms with Crippen molar-refractivity contribution >= 4 is 5.78 Å². The molecule has 0 aromatic carbocycles. The summed E-state index contributed by atoms with van der Waals surface area (Å²) in [7, 11) is 2.02. The van der Waals surface area contributed by atoms with E-state index >= 15 is 0 Å². The molecule has 0 saturated carbocycles. The molecule has 1 saturated heterocycles. The molecule has 0 spiro atoms. The van der Waals surface area contributed by atoms with E-state index in [-0.39, 0.29) is 5.78 Å². The molecule has 0 aliphatic carbocycles. The van der Waals surface area contributed by atoms with Gasteiger partial charge in [-0.05, 0) is 57.7 Å². The van der Waals surface area contributed by atoms with Crippen molar-refractivity contribution < 1.29 is 4.79 Å². The van der Waals surface area contributed by atoms with Crippen LogP contribution in [0.3, 0.4) is 0 Å². The van der Waals surface area contributed by atoms with E-state index in [1.807, 2.05) is 20.0 Å². The molecule has 3 heteroatoms. The zero-order valence-electron chi connectivity index (χ0n) is 13.6. The number of Topliss-reactive ketones (excluding diaryl/α,β-unsaturated/α-hetero) is 1. The lowest BCUT2D eigenvalue weighted by molar-refractivity contribution is 0.0930. The number of aryl methyl sites for hydroxylation is 1. The summed E-state index contributed by atoms with van der Waals surface area (Å²) in [5.41, 5.74) is 3.57. The fourth-order valence-corrected chi connectivity index (χ4v) is 3.06. The van der Waals surface area contributed by atoms with E-state index in [0.29, 0.717) is 12.0 Å². The molecule has 2 rings (SSSR count). The fourth-order valence-electron chi connectivity index (χ4n) is 3.06. The minimum atomic E-state index is 0.269. The molecule has 2 heterocycles. The molecule has 1 fully saturated rings. The highest BCUT2D eigenvalue weighted by molar-refractivity contribution is 5.99. The minimum absolute atomic E-state index is 0.269. The summed E-state index contributed by atoms with van der Waals surface area (Å²) < 4.78 is 2.10. The van der Waals surface area contributed by atoms with Crippen LogP contribution in [0.15, 0.2) is 6.07 Å². The van der Waals surface area contributed by atoms with Gasteiger partial charge in [-0.2, -0.15) is 0 Å². The molecule has 0 unspecified atom stereocenters. The van der Waals surface area contributed by atoms with Gasteiger partial charge >= 0.3 is 0 Å². The maximum absolute atomic E-state index is 12.5. The first-order chi connectivity index (χ1) is 9.30. The summed E-state index contributed by atoms with van der Waals surface area (Å²) >= 11 is 0. The van der Waals surface area contributed by atoms with Gasteiger partial charge in [0.25, 0.3) is 0 Å². The molecule has 0 atom stereocenters. The van der Waals surface area contributed by atoms with E-state index in [1.165, 1.54) is 19.3 Å². The van der Waals surface area contributed by atoms with Gasteiger partial charge in [-0.25, -0.2) is 0 Å². The minimum Gasteiger partial charge on any atom is -0.351 e. The highest BCUT2D eigenvalue weighted by Crippen LogP contribution is 2.29. The lowest BCUT2D eigenvalue weighted by Crippen LogP contribution is -2.31. The van der Waals surface area contributed by atoms with Gasteiger partial charge in [-0.15, -0.1) is 0 Å². The van der Waals surface area contributed by atoms with Gasteiger partial charge in [0.2, 0.25) is 0 Å². The van der Waals surface area contributed by atoms with Crippen LogP contribution in [0.1, 0.15) is 54.9 Å². The Labute approximate surface area is 123 Å². The van der Waals surface area contributed by atoms with E-state index in [2.05, 4.69) is 30.2 Å². The second kappa shape index (κ2) is 5.72. The molecule has 1 aliphatic rings. The van der Waals surface area contributed by atoms with Gasteiger partial charge < -0.3 is 4.57 Å². The first-order valence-electron chi connectivity index (χ1n) is 7.69. The first-order valence-corrected chi connectivity index (χ1v) is 7.69. The molecule has 20 heavy (non-hydrogen) atoms. The molecule has 0 radical (unpaired) electrons.